The van der Waals surface area contributed by atoms with Gasteiger partial charge in [0.15, 0.2) is 0 Å². The number of rotatable bonds is 8. The van der Waals surface area contributed by atoms with E-state index < -0.39 is 0 Å². The fourth-order valence-electron chi connectivity index (χ4n) is 4.41. The summed E-state index contributed by atoms with van der Waals surface area (Å²) in [7, 11) is 0. The van der Waals surface area contributed by atoms with E-state index >= 15 is 0 Å². The highest BCUT2D eigenvalue weighted by Gasteiger charge is 2.25. The molecule has 1 aromatic heterocycles. The number of carbonyl (C=O) groups is 1. The molecule has 0 radical (unpaired) electrons. The third-order valence-electron chi connectivity index (χ3n) is 6.53. The third-order valence-corrected chi connectivity index (χ3v) is 6.53. The Morgan fingerprint density at radius 3 is 2.57 bits per heavy atom. The number of fused-ring (bicyclic) bond motifs is 1. The average Bonchev–Trinajstić information content (AvgIpc) is 3.29. The molecule has 1 aliphatic rings. The summed E-state index contributed by atoms with van der Waals surface area (Å²) < 4.78 is 11.2. The van der Waals surface area contributed by atoms with Crippen LogP contribution in [0.5, 0.6) is 5.75 Å². The van der Waals surface area contributed by atoms with Crippen LogP contribution in [0.2, 0.25) is 0 Å². The topological polar surface area (TPSA) is 125 Å². The number of aliphatic hydroxyl groups excluding tert-OH is 1. The number of nitriles is 1. The molecule has 1 unspecified atom stereocenters. The standard InChI is InChI=1S/C28H33N5O4/c1-17(2)36-25-8-7-23(14-24(25)15-29)28-31-26(32-37-28)22-6-5-20-9-11-33(12-10-21(20)13-22)19(4)27(35)30-18(3)16-34/h5-8,13-14,17-19,34H,9-12,16H2,1-4H3,(H,30,35)/t18-,19?/m1/s1. The molecule has 37 heavy (non-hydrogen) atoms. The van der Waals surface area contributed by atoms with Gasteiger partial charge in [-0.15, -0.1) is 0 Å². The van der Waals surface area contributed by atoms with Crippen molar-refractivity contribution in [2.45, 2.75) is 58.7 Å². The Bertz CT molecular complexity index is 1300. The van der Waals surface area contributed by atoms with Gasteiger partial charge in [-0.25, -0.2) is 0 Å². The van der Waals surface area contributed by atoms with Gasteiger partial charge in [0.2, 0.25) is 11.7 Å². The van der Waals surface area contributed by atoms with Gasteiger partial charge in [-0.05, 0) is 75.9 Å². The summed E-state index contributed by atoms with van der Waals surface area (Å²) in [5.74, 6) is 1.26. The molecule has 0 spiro atoms. The molecular weight excluding hydrogens is 470 g/mol. The van der Waals surface area contributed by atoms with Crippen LogP contribution in [0.25, 0.3) is 22.8 Å². The van der Waals surface area contributed by atoms with E-state index in [1.807, 2.05) is 26.8 Å². The quantitative estimate of drug-likeness (QED) is 0.480. The first-order chi connectivity index (χ1) is 17.8. The maximum absolute atomic E-state index is 12.5. The molecule has 194 valence electrons. The molecule has 2 aromatic carbocycles. The number of benzene rings is 2. The summed E-state index contributed by atoms with van der Waals surface area (Å²) in [5, 5.41) is 25.8. The highest BCUT2D eigenvalue weighted by atomic mass is 16.5. The Labute approximate surface area is 217 Å². The number of carbonyl (C=O) groups excluding carboxylic acids is 1. The zero-order chi connectivity index (χ0) is 26.5. The van der Waals surface area contributed by atoms with E-state index in [1.54, 1.807) is 25.1 Å². The lowest BCUT2D eigenvalue weighted by Crippen LogP contribution is -2.49. The molecule has 2 atom stereocenters. The van der Waals surface area contributed by atoms with Crippen molar-refractivity contribution in [3.8, 4) is 34.7 Å². The van der Waals surface area contributed by atoms with Crippen molar-refractivity contribution < 1.29 is 19.2 Å². The van der Waals surface area contributed by atoms with E-state index in [0.29, 0.717) is 28.6 Å². The normalized spacial score (nSPS) is 15.4. The summed E-state index contributed by atoms with van der Waals surface area (Å²) in [6, 6.07) is 13.0. The van der Waals surface area contributed by atoms with Crippen molar-refractivity contribution in [2.24, 2.45) is 0 Å². The Balaban J connectivity index is 1.49. The van der Waals surface area contributed by atoms with Crippen LogP contribution in [0.15, 0.2) is 40.9 Å². The molecular formula is C28H33N5O4. The highest BCUT2D eigenvalue weighted by Crippen LogP contribution is 2.29. The third kappa shape index (κ3) is 6.16. The molecule has 0 saturated carbocycles. The number of ether oxygens (including phenoxy) is 1. The summed E-state index contributed by atoms with van der Waals surface area (Å²) >= 11 is 0. The fraction of sp³-hybridized carbons (Fsp3) is 0.429. The minimum absolute atomic E-state index is 0.0384. The van der Waals surface area contributed by atoms with E-state index in [4.69, 9.17) is 9.26 Å². The van der Waals surface area contributed by atoms with E-state index in [0.717, 1.165) is 31.5 Å². The Hall–Kier alpha value is -3.74. The second kappa shape index (κ2) is 11.5. The first-order valence-corrected chi connectivity index (χ1v) is 12.6. The van der Waals surface area contributed by atoms with E-state index in [-0.39, 0.29) is 30.7 Å². The Morgan fingerprint density at radius 2 is 1.86 bits per heavy atom. The number of amides is 1. The molecule has 0 bridgehead atoms. The minimum Gasteiger partial charge on any atom is -0.490 e. The average molecular weight is 504 g/mol. The maximum atomic E-state index is 12.5. The SMILES string of the molecule is CC(C)Oc1ccc(-c2nc(-c3ccc4c(c3)CCN(C(C)C(=O)N[C@H](C)CO)CC4)no2)cc1C#N. The molecule has 4 rings (SSSR count). The largest absolute Gasteiger partial charge is 0.490 e. The van der Waals surface area contributed by atoms with Crippen molar-refractivity contribution in [1.29, 1.82) is 5.26 Å². The Morgan fingerprint density at radius 1 is 1.14 bits per heavy atom. The summed E-state index contributed by atoms with van der Waals surface area (Å²) in [6.45, 7) is 8.95. The summed E-state index contributed by atoms with van der Waals surface area (Å²) in [6.07, 6.45) is 1.59. The molecule has 9 nitrogen and oxygen atoms in total. The zero-order valence-corrected chi connectivity index (χ0v) is 21.7. The van der Waals surface area contributed by atoms with Gasteiger partial charge >= 0.3 is 0 Å². The second-order valence-electron chi connectivity index (χ2n) is 9.70. The first kappa shape index (κ1) is 26.3. The fourth-order valence-corrected chi connectivity index (χ4v) is 4.41. The molecule has 3 aromatic rings. The van der Waals surface area contributed by atoms with Gasteiger partial charge in [-0.3, -0.25) is 9.69 Å². The van der Waals surface area contributed by atoms with Gasteiger partial charge in [-0.1, -0.05) is 17.3 Å². The van der Waals surface area contributed by atoms with Crippen LogP contribution in [-0.4, -0.2) is 63.9 Å². The number of aromatic nitrogens is 2. The molecule has 0 fully saturated rings. The van der Waals surface area contributed by atoms with Gasteiger partial charge in [0, 0.05) is 30.3 Å². The lowest BCUT2D eigenvalue weighted by atomic mass is 10.00. The van der Waals surface area contributed by atoms with Gasteiger partial charge in [-0.2, -0.15) is 10.2 Å². The molecule has 0 aliphatic carbocycles. The van der Waals surface area contributed by atoms with Crippen molar-refractivity contribution in [2.75, 3.05) is 19.7 Å². The van der Waals surface area contributed by atoms with Crippen LogP contribution in [0, 0.1) is 11.3 Å². The number of aliphatic hydroxyl groups is 1. The number of hydrogen-bond acceptors (Lipinski definition) is 8. The predicted octanol–water partition coefficient (Wildman–Crippen LogP) is 3.35. The molecule has 2 N–H and O–H groups in total. The number of hydrogen-bond donors (Lipinski definition) is 2. The van der Waals surface area contributed by atoms with Gasteiger partial charge in [0.1, 0.15) is 11.8 Å². The van der Waals surface area contributed by atoms with E-state index in [9.17, 15) is 15.2 Å². The highest BCUT2D eigenvalue weighted by molar-refractivity contribution is 5.81. The van der Waals surface area contributed by atoms with Gasteiger partial charge < -0.3 is 19.7 Å². The van der Waals surface area contributed by atoms with Crippen LogP contribution in [0.3, 0.4) is 0 Å². The zero-order valence-electron chi connectivity index (χ0n) is 21.7. The maximum Gasteiger partial charge on any atom is 0.258 e. The van der Waals surface area contributed by atoms with Gasteiger partial charge in [0.05, 0.1) is 24.3 Å². The number of nitrogens with zero attached hydrogens (tertiary/aromatic N) is 4. The van der Waals surface area contributed by atoms with Crippen molar-refractivity contribution in [3.05, 3.63) is 53.1 Å². The van der Waals surface area contributed by atoms with Crippen LogP contribution < -0.4 is 10.1 Å². The van der Waals surface area contributed by atoms with Crippen LogP contribution in [0.1, 0.15) is 44.4 Å². The summed E-state index contributed by atoms with van der Waals surface area (Å²) in [4.78, 5) is 19.3. The molecule has 2 heterocycles. The number of nitrogens with one attached hydrogen (secondary N) is 1. The lowest BCUT2D eigenvalue weighted by molar-refractivity contribution is -0.126. The molecule has 0 saturated heterocycles. The molecule has 9 heteroatoms. The van der Waals surface area contributed by atoms with Crippen molar-refractivity contribution in [3.63, 3.8) is 0 Å². The van der Waals surface area contributed by atoms with Crippen molar-refractivity contribution in [1.82, 2.24) is 20.4 Å². The predicted molar refractivity (Wildman–Crippen MR) is 139 cm³/mol. The monoisotopic (exact) mass is 503 g/mol. The Kier molecular flexibility index (Phi) is 8.21. The van der Waals surface area contributed by atoms with E-state index in [1.165, 1.54) is 11.1 Å². The van der Waals surface area contributed by atoms with E-state index in [2.05, 4.69) is 38.6 Å². The van der Waals surface area contributed by atoms with Crippen LogP contribution >= 0.6 is 0 Å². The van der Waals surface area contributed by atoms with Crippen molar-refractivity contribution >= 4 is 5.91 Å². The second-order valence-corrected chi connectivity index (χ2v) is 9.70. The molecule has 1 aliphatic heterocycles. The smallest absolute Gasteiger partial charge is 0.258 e. The lowest BCUT2D eigenvalue weighted by Gasteiger charge is -2.27. The van der Waals surface area contributed by atoms with Crippen LogP contribution in [-0.2, 0) is 17.6 Å². The van der Waals surface area contributed by atoms with Crippen LogP contribution in [0.4, 0.5) is 0 Å². The van der Waals surface area contributed by atoms with Gasteiger partial charge in [0.25, 0.3) is 5.89 Å². The minimum atomic E-state index is -0.279. The first-order valence-electron chi connectivity index (χ1n) is 12.6. The summed E-state index contributed by atoms with van der Waals surface area (Å²) in [5.41, 5.74) is 4.36. The molecule has 1 amide bonds.